The first-order valence-electron chi connectivity index (χ1n) is 9.13. The molecule has 0 aromatic heterocycles. The maximum absolute atomic E-state index is 5.41. The molecule has 1 aliphatic carbocycles. The standard InChI is InChI=1S/C18H34N2O/c1-16-3-9-19(10-4-16)13-17-5-11-20(12-6-17)14-18(7-8-18)15-21-2/h16-17H,3-15H2,1-2H3. The van der Waals surface area contributed by atoms with E-state index in [1.54, 1.807) is 0 Å². The van der Waals surface area contributed by atoms with Crippen LogP contribution in [0.4, 0.5) is 0 Å². The molecule has 0 N–H and O–H groups in total. The molecule has 3 nitrogen and oxygen atoms in total. The van der Waals surface area contributed by atoms with Gasteiger partial charge < -0.3 is 14.5 Å². The van der Waals surface area contributed by atoms with Crippen molar-refractivity contribution in [3.8, 4) is 0 Å². The summed E-state index contributed by atoms with van der Waals surface area (Å²) in [5.74, 6) is 1.91. The first-order valence-corrected chi connectivity index (χ1v) is 9.13. The van der Waals surface area contributed by atoms with E-state index in [9.17, 15) is 0 Å². The van der Waals surface area contributed by atoms with Gasteiger partial charge in [0.2, 0.25) is 0 Å². The summed E-state index contributed by atoms with van der Waals surface area (Å²) in [6.07, 6.45) is 8.42. The van der Waals surface area contributed by atoms with Crippen LogP contribution in [0, 0.1) is 17.3 Å². The maximum atomic E-state index is 5.41. The lowest BCUT2D eigenvalue weighted by atomic mass is 9.93. The second-order valence-corrected chi connectivity index (χ2v) is 8.14. The van der Waals surface area contributed by atoms with Crippen molar-refractivity contribution < 1.29 is 4.74 Å². The van der Waals surface area contributed by atoms with E-state index in [1.165, 1.54) is 77.8 Å². The molecule has 0 amide bonds. The fourth-order valence-corrected chi connectivity index (χ4v) is 4.24. The zero-order chi connectivity index (χ0) is 14.7. The molecule has 2 saturated heterocycles. The molecule has 0 aromatic carbocycles. The Morgan fingerprint density at radius 1 is 0.952 bits per heavy atom. The van der Waals surface area contributed by atoms with Gasteiger partial charge in [0, 0.05) is 25.6 Å². The van der Waals surface area contributed by atoms with Crippen LogP contribution in [0.3, 0.4) is 0 Å². The third-order valence-corrected chi connectivity index (χ3v) is 6.07. The normalized spacial score (nSPS) is 28.9. The van der Waals surface area contributed by atoms with Crippen molar-refractivity contribution in [1.82, 2.24) is 9.80 Å². The summed E-state index contributed by atoms with van der Waals surface area (Å²) in [6.45, 7) is 11.4. The van der Waals surface area contributed by atoms with Crippen molar-refractivity contribution in [2.75, 3.05) is 53.0 Å². The lowest BCUT2D eigenvalue weighted by molar-refractivity contribution is 0.0794. The minimum Gasteiger partial charge on any atom is -0.384 e. The van der Waals surface area contributed by atoms with Crippen molar-refractivity contribution in [3.05, 3.63) is 0 Å². The van der Waals surface area contributed by atoms with Gasteiger partial charge in [0.25, 0.3) is 0 Å². The maximum Gasteiger partial charge on any atom is 0.0530 e. The molecule has 0 spiro atoms. The SMILES string of the molecule is COCC1(CN2CCC(CN3CCC(C)CC3)CC2)CC1. The highest BCUT2D eigenvalue weighted by Gasteiger charge is 2.44. The van der Waals surface area contributed by atoms with Crippen LogP contribution in [-0.4, -0.2) is 62.8 Å². The molecule has 3 heteroatoms. The Bertz CT molecular complexity index is 313. The Kier molecular flexibility index (Phi) is 5.23. The van der Waals surface area contributed by atoms with E-state index < -0.39 is 0 Å². The molecule has 0 bridgehead atoms. The van der Waals surface area contributed by atoms with E-state index >= 15 is 0 Å². The van der Waals surface area contributed by atoms with Gasteiger partial charge in [-0.2, -0.15) is 0 Å². The second-order valence-electron chi connectivity index (χ2n) is 8.14. The van der Waals surface area contributed by atoms with E-state index in [0.717, 1.165) is 18.4 Å². The van der Waals surface area contributed by atoms with Gasteiger partial charge >= 0.3 is 0 Å². The van der Waals surface area contributed by atoms with Crippen molar-refractivity contribution >= 4 is 0 Å². The molecular weight excluding hydrogens is 260 g/mol. The van der Waals surface area contributed by atoms with E-state index in [1.807, 2.05) is 7.11 Å². The minimum atomic E-state index is 0.532. The average molecular weight is 294 g/mol. The number of ether oxygens (including phenoxy) is 1. The molecule has 0 atom stereocenters. The highest BCUT2D eigenvalue weighted by Crippen LogP contribution is 2.46. The smallest absolute Gasteiger partial charge is 0.0530 e. The summed E-state index contributed by atoms with van der Waals surface area (Å²) in [5.41, 5.74) is 0.532. The molecule has 21 heavy (non-hydrogen) atoms. The summed E-state index contributed by atoms with van der Waals surface area (Å²) >= 11 is 0. The molecule has 3 rings (SSSR count). The van der Waals surface area contributed by atoms with Gasteiger partial charge in [-0.1, -0.05) is 6.92 Å². The number of hydrogen-bond acceptors (Lipinski definition) is 3. The average Bonchev–Trinajstić information content (AvgIpc) is 3.23. The Hall–Kier alpha value is -0.120. The van der Waals surface area contributed by atoms with Gasteiger partial charge in [0.15, 0.2) is 0 Å². The van der Waals surface area contributed by atoms with E-state index in [4.69, 9.17) is 4.74 Å². The molecule has 3 aliphatic rings. The lowest BCUT2D eigenvalue weighted by Crippen LogP contribution is -2.43. The highest BCUT2D eigenvalue weighted by molar-refractivity contribution is 4.96. The van der Waals surface area contributed by atoms with E-state index in [-0.39, 0.29) is 0 Å². The van der Waals surface area contributed by atoms with Gasteiger partial charge in [-0.15, -0.1) is 0 Å². The second kappa shape index (κ2) is 6.97. The molecule has 2 heterocycles. The van der Waals surface area contributed by atoms with Crippen LogP contribution in [0.5, 0.6) is 0 Å². The summed E-state index contributed by atoms with van der Waals surface area (Å²) in [7, 11) is 1.85. The fourth-order valence-electron chi connectivity index (χ4n) is 4.24. The molecule has 0 unspecified atom stereocenters. The summed E-state index contributed by atoms with van der Waals surface area (Å²) < 4.78 is 5.41. The predicted molar refractivity (Wildman–Crippen MR) is 87.5 cm³/mol. The van der Waals surface area contributed by atoms with E-state index in [2.05, 4.69) is 16.7 Å². The van der Waals surface area contributed by atoms with Crippen LogP contribution in [0.15, 0.2) is 0 Å². The molecule has 0 aromatic rings. The van der Waals surface area contributed by atoms with Crippen LogP contribution in [0.2, 0.25) is 0 Å². The number of likely N-dealkylation sites (tertiary alicyclic amines) is 2. The minimum absolute atomic E-state index is 0.532. The van der Waals surface area contributed by atoms with Crippen LogP contribution >= 0.6 is 0 Å². The number of rotatable bonds is 6. The van der Waals surface area contributed by atoms with Crippen molar-refractivity contribution in [3.63, 3.8) is 0 Å². The highest BCUT2D eigenvalue weighted by atomic mass is 16.5. The van der Waals surface area contributed by atoms with Crippen LogP contribution in [0.25, 0.3) is 0 Å². The number of hydrogen-bond donors (Lipinski definition) is 0. The Balaban J connectivity index is 1.35. The van der Waals surface area contributed by atoms with Gasteiger partial charge in [-0.05, 0) is 76.5 Å². The Morgan fingerprint density at radius 3 is 2.14 bits per heavy atom. The predicted octanol–water partition coefficient (Wildman–Crippen LogP) is 2.86. The van der Waals surface area contributed by atoms with Gasteiger partial charge in [-0.3, -0.25) is 0 Å². The first-order chi connectivity index (χ1) is 10.2. The third-order valence-electron chi connectivity index (χ3n) is 6.07. The largest absolute Gasteiger partial charge is 0.384 e. The molecule has 1 saturated carbocycles. The Labute approximate surface area is 131 Å². The molecular formula is C18H34N2O. The van der Waals surface area contributed by atoms with Crippen molar-refractivity contribution in [2.24, 2.45) is 17.3 Å². The van der Waals surface area contributed by atoms with Crippen LogP contribution in [0.1, 0.15) is 45.4 Å². The molecule has 3 fully saturated rings. The monoisotopic (exact) mass is 294 g/mol. The molecule has 122 valence electrons. The fraction of sp³-hybridized carbons (Fsp3) is 1.00. The zero-order valence-corrected chi connectivity index (χ0v) is 14.1. The quantitative estimate of drug-likeness (QED) is 0.749. The topological polar surface area (TPSA) is 15.7 Å². The van der Waals surface area contributed by atoms with Gasteiger partial charge in [0.05, 0.1) is 6.61 Å². The number of methoxy groups -OCH3 is 1. The lowest BCUT2D eigenvalue weighted by Gasteiger charge is -2.38. The Morgan fingerprint density at radius 2 is 1.57 bits per heavy atom. The summed E-state index contributed by atoms with van der Waals surface area (Å²) in [4.78, 5) is 5.44. The van der Waals surface area contributed by atoms with Crippen LogP contribution in [-0.2, 0) is 4.74 Å². The van der Waals surface area contributed by atoms with E-state index in [0.29, 0.717) is 5.41 Å². The third kappa shape index (κ3) is 4.43. The van der Waals surface area contributed by atoms with Gasteiger partial charge in [0.1, 0.15) is 0 Å². The zero-order valence-electron chi connectivity index (χ0n) is 14.1. The first kappa shape index (κ1) is 15.8. The van der Waals surface area contributed by atoms with Crippen LogP contribution < -0.4 is 0 Å². The van der Waals surface area contributed by atoms with Crippen molar-refractivity contribution in [1.29, 1.82) is 0 Å². The molecule has 2 aliphatic heterocycles. The number of nitrogens with zero attached hydrogens (tertiary/aromatic N) is 2. The molecule has 0 radical (unpaired) electrons. The van der Waals surface area contributed by atoms with Gasteiger partial charge in [-0.25, -0.2) is 0 Å². The van der Waals surface area contributed by atoms with Crippen molar-refractivity contribution in [2.45, 2.75) is 45.4 Å². The number of piperidine rings is 2. The summed E-state index contributed by atoms with van der Waals surface area (Å²) in [6, 6.07) is 0. The summed E-state index contributed by atoms with van der Waals surface area (Å²) in [5, 5.41) is 0.